The second-order valence-electron chi connectivity index (χ2n) is 4.74. The molecule has 0 saturated carbocycles. The van der Waals surface area contributed by atoms with Crippen LogP contribution in [-0.2, 0) is 6.42 Å². The van der Waals surface area contributed by atoms with Gasteiger partial charge in [0.2, 0.25) is 0 Å². The van der Waals surface area contributed by atoms with E-state index in [-0.39, 0.29) is 0 Å². The van der Waals surface area contributed by atoms with Gasteiger partial charge in [-0.1, -0.05) is 20.3 Å². The monoisotopic (exact) mass is 224 g/mol. The summed E-state index contributed by atoms with van der Waals surface area (Å²) < 4.78 is 1.99. The van der Waals surface area contributed by atoms with Crippen LogP contribution in [0.25, 0.3) is 0 Å². The van der Waals surface area contributed by atoms with E-state index in [1.807, 2.05) is 10.9 Å². The molecule has 1 heterocycles. The first-order valence-electron chi connectivity index (χ1n) is 6.08. The van der Waals surface area contributed by atoms with Crippen molar-refractivity contribution in [2.45, 2.75) is 52.6 Å². The Morgan fingerprint density at radius 3 is 2.56 bits per heavy atom. The van der Waals surface area contributed by atoms with Crippen LogP contribution in [0.2, 0.25) is 0 Å². The molecule has 0 aromatic carbocycles. The van der Waals surface area contributed by atoms with Crippen LogP contribution < -0.4 is 11.3 Å². The zero-order valence-corrected chi connectivity index (χ0v) is 10.8. The lowest BCUT2D eigenvalue weighted by Gasteiger charge is -2.20. The molecule has 1 aromatic heterocycles. The molecule has 0 saturated heterocycles. The number of rotatable bonds is 6. The molecule has 0 aliphatic rings. The van der Waals surface area contributed by atoms with E-state index in [4.69, 9.17) is 5.84 Å². The minimum atomic E-state index is 0.306. The van der Waals surface area contributed by atoms with E-state index in [1.165, 1.54) is 0 Å². The predicted octanol–water partition coefficient (Wildman–Crippen LogP) is 1.88. The van der Waals surface area contributed by atoms with Gasteiger partial charge in [-0.2, -0.15) is 5.10 Å². The molecule has 0 amide bonds. The SMILES string of the molecule is CCC(C)C(Cc1ccn(C(C)C)n1)NN. The van der Waals surface area contributed by atoms with Crippen LogP contribution in [0.15, 0.2) is 12.3 Å². The van der Waals surface area contributed by atoms with E-state index in [0.717, 1.165) is 18.5 Å². The van der Waals surface area contributed by atoms with E-state index < -0.39 is 0 Å². The Balaban J connectivity index is 2.63. The Morgan fingerprint density at radius 2 is 2.12 bits per heavy atom. The smallest absolute Gasteiger partial charge is 0.0640 e. The number of hydrazine groups is 1. The van der Waals surface area contributed by atoms with Crippen molar-refractivity contribution in [3.05, 3.63) is 18.0 Å². The zero-order chi connectivity index (χ0) is 12.1. The van der Waals surface area contributed by atoms with Crippen molar-refractivity contribution in [3.8, 4) is 0 Å². The first-order chi connectivity index (χ1) is 7.58. The first kappa shape index (κ1) is 13.2. The third-order valence-corrected chi connectivity index (χ3v) is 3.17. The fraction of sp³-hybridized carbons (Fsp3) is 0.750. The molecule has 1 rings (SSSR count). The predicted molar refractivity (Wildman–Crippen MR) is 66.9 cm³/mol. The van der Waals surface area contributed by atoms with Crippen molar-refractivity contribution in [2.75, 3.05) is 0 Å². The minimum Gasteiger partial charge on any atom is -0.271 e. The largest absolute Gasteiger partial charge is 0.271 e. The number of hydrogen-bond donors (Lipinski definition) is 2. The number of nitrogens with two attached hydrogens (primary N) is 1. The summed E-state index contributed by atoms with van der Waals surface area (Å²) in [5.74, 6) is 6.14. The van der Waals surface area contributed by atoms with Gasteiger partial charge < -0.3 is 0 Å². The highest BCUT2D eigenvalue weighted by Crippen LogP contribution is 2.13. The molecule has 4 heteroatoms. The summed E-state index contributed by atoms with van der Waals surface area (Å²) in [4.78, 5) is 0. The lowest BCUT2D eigenvalue weighted by atomic mass is 9.96. The van der Waals surface area contributed by atoms with Gasteiger partial charge in [-0.25, -0.2) is 0 Å². The summed E-state index contributed by atoms with van der Waals surface area (Å²) in [5, 5.41) is 4.54. The molecule has 92 valence electrons. The average Bonchev–Trinajstić information content (AvgIpc) is 2.73. The van der Waals surface area contributed by atoms with Gasteiger partial charge in [-0.15, -0.1) is 0 Å². The lowest BCUT2D eigenvalue weighted by Crippen LogP contribution is -2.41. The summed E-state index contributed by atoms with van der Waals surface area (Å²) in [7, 11) is 0. The van der Waals surface area contributed by atoms with Gasteiger partial charge in [0.25, 0.3) is 0 Å². The Kier molecular flexibility index (Phi) is 4.96. The van der Waals surface area contributed by atoms with Gasteiger partial charge >= 0.3 is 0 Å². The fourth-order valence-electron chi connectivity index (χ4n) is 1.71. The van der Waals surface area contributed by atoms with Crippen LogP contribution in [0, 0.1) is 5.92 Å². The van der Waals surface area contributed by atoms with Gasteiger partial charge in [0.05, 0.1) is 5.69 Å². The van der Waals surface area contributed by atoms with Crippen molar-refractivity contribution in [3.63, 3.8) is 0 Å². The Labute approximate surface area is 98.2 Å². The van der Waals surface area contributed by atoms with Crippen molar-refractivity contribution < 1.29 is 0 Å². The highest BCUT2D eigenvalue weighted by molar-refractivity contribution is 5.02. The summed E-state index contributed by atoms with van der Waals surface area (Å²) in [6.07, 6.45) is 4.05. The molecule has 0 spiro atoms. The van der Waals surface area contributed by atoms with Crippen LogP contribution in [0.3, 0.4) is 0 Å². The third-order valence-electron chi connectivity index (χ3n) is 3.17. The van der Waals surface area contributed by atoms with Crippen LogP contribution in [-0.4, -0.2) is 15.8 Å². The number of nitrogens with zero attached hydrogens (tertiary/aromatic N) is 2. The molecule has 0 radical (unpaired) electrons. The summed E-state index contributed by atoms with van der Waals surface area (Å²) >= 11 is 0. The topological polar surface area (TPSA) is 55.9 Å². The van der Waals surface area contributed by atoms with Gasteiger partial charge in [0.15, 0.2) is 0 Å². The average molecular weight is 224 g/mol. The standard InChI is InChI=1S/C12H24N4/c1-5-10(4)12(14-13)8-11-6-7-16(15-11)9(2)3/h6-7,9-10,12,14H,5,8,13H2,1-4H3. The van der Waals surface area contributed by atoms with Gasteiger partial charge in [0.1, 0.15) is 0 Å². The van der Waals surface area contributed by atoms with Crippen LogP contribution in [0.5, 0.6) is 0 Å². The fourth-order valence-corrected chi connectivity index (χ4v) is 1.71. The summed E-state index contributed by atoms with van der Waals surface area (Å²) in [6.45, 7) is 8.65. The van der Waals surface area contributed by atoms with E-state index in [9.17, 15) is 0 Å². The lowest BCUT2D eigenvalue weighted by molar-refractivity contribution is 0.365. The minimum absolute atomic E-state index is 0.306. The Morgan fingerprint density at radius 1 is 1.44 bits per heavy atom. The molecule has 16 heavy (non-hydrogen) atoms. The van der Waals surface area contributed by atoms with Gasteiger partial charge in [-0.05, 0) is 25.8 Å². The highest BCUT2D eigenvalue weighted by atomic mass is 15.3. The van der Waals surface area contributed by atoms with Crippen molar-refractivity contribution in [1.82, 2.24) is 15.2 Å². The Hall–Kier alpha value is -0.870. The maximum atomic E-state index is 5.58. The molecular weight excluding hydrogens is 200 g/mol. The van der Waals surface area contributed by atoms with Crippen molar-refractivity contribution in [1.29, 1.82) is 0 Å². The van der Waals surface area contributed by atoms with Crippen LogP contribution in [0.4, 0.5) is 0 Å². The quantitative estimate of drug-likeness (QED) is 0.573. The number of nitrogens with one attached hydrogen (secondary N) is 1. The van der Waals surface area contributed by atoms with E-state index in [0.29, 0.717) is 18.0 Å². The second-order valence-corrected chi connectivity index (χ2v) is 4.74. The third kappa shape index (κ3) is 3.32. The molecule has 0 bridgehead atoms. The molecular formula is C12H24N4. The van der Waals surface area contributed by atoms with Crippen LogP contribution >= 0.6 is 0 Å². The van der Waals surface area contributed by atoms with Crippen molar-refractivity contribution >= 4 is 0 Å². The zero-order valence-electron chi connectivity index (χ0n) is 10.8. The molecule has 0 aliphatic carbocycles. The highest BCUT2D eigenvalue weighted by Gasteiger charge is 2.16. The Bertz CT molecular complexity index is 306. The maximum Gasteiger partial charge on any atom is 0.0640 e. The van der Waals surface area contributed by atoms with Gasteiger partial charge in [-0.3, -0.25) is 16.0 Å². The van der Waals surface area contributed by atoms with E-state index in [1.54, 1.807) is 0 Å². The van der Waals surface area contributed by atoms with E-state index >= 15 is 0 Å². The first-order valence-corrected chi connectivity index (χ1v) is 6.08. The molecule has 2 atom stereocenters. The van der Waals surface area contributed by atoms with Crippen LogP contribution in [0.1, 0.15) is 45.9 Å². The summed E-state index contributed by atoms with van der Waals surface area (Å²) in [5.41, 5.74) is 4.00. The van der Waals surface area contributed by atoms with Crippen molar-refractivity contribution in [2.24, 2.45) is 11.8 Å². The molecule has 0 aliphatic heterocycles. The normalized spacial score (nSPS) is 15.4. The maximum absolute atomic E-state index is 5.58. The molecule has 4 nitrogen and oxygen atoms in total. The molecule has 2 unspecified atom stereocenters. The molecule has 3 N–H and O–H groups in total. The molecule has 1 aromatic rings. The number of hydrogen-bond acceptors (Lipinski definition) is 3. The number of aromatic nitrogens is 2. The second kappa shape index (κ2) is 6.01. The summed E-state index contributed by atoms with van der Waals surface area (Å²) in [6, 6.07) is 2.80. The van der Waals surface area contributed by atoms with Gasteiger partial charge in [0, 0.05) is 24.7 Å². The molecule has 0 fully saturated rings. The van der Waals surface area contributed by atoms with E-state index in [2.05, 4.69) is 44.3 Å².